The molecule has 0 fully saturated rings. The van der Waals surface area contributed by atoms with Crippen LogP contribution >= 0.6 is 0 Å². The minimum Gasteiger partial charge on any atom is -0.449 e. The van der Waals surface area contributed by atoms with Crippen molar-refractivity contribution in [2.75, 3.05) is 13.1 Å². The van der Waals surface area contributed by atoms with Gasteiger partial charge in [0, 0.05) is 12.1 Å². The van der Waals surface area contributed by atoms with E-state index in [1.54, 1.807) is 12.1 Å². The Morgan fingerprint density at radius 2 is 1.88 bits per heavy atom. The fourth-order valence-corrected chi connectivity index (χ4v) is 2.79. The van der Waals surface area contributed by atoms with E-state index in [1.807, 2.05) is 18.2 Å². The van der Waals surface area contributed by atoms with Gasteiger partial charge in [-0.3, -0.25) is 4.90 Å². The van der Waals surface area contributed by atoms with Gasteiger partial charge in [-0.25, -0.2) is 9.78 Å². The van der Waals surface area contributed by atoms with Gasteiger partial charge >= 0.3 is 6.16 Å². The third-order valence-electron chi connectivity index (χ3n) is 4.20. The van der Waals surface area contributed by atoms with E-state index >= 15 is 0 Å². The quantitative estimate of drug-likeness (QED) is 0.521. The molecule has 0 aliphatic heterocycles. The van der Waals surface area contributed by atoms with E-state index in [4.69, 9.17) is 9.84 Å². The van der Waals surface area contributed by atoms with Gasteiger partial charge < -0.3 is 14.8 Å². The average Bonchev–Trinajstić information content (AvgIpc) is 3.05. The molecule has 0 amide bonds. The Labute approximate surface area is 146 Å². The van der Waals surface area contributed by atoms with E-state index in [-0.39, 0.29) is 5.75 Å². The molecule has 6 heteroatoms. The van der Waals surface area contributed by atoms with Gasteiger partial charge in [-0.15, -0.1) is 0 Å². The molecule has 0 aliphatic rings. The molecule has 0 atom stereocenters. The summed E-state index contributed by atoms with van der Waals surface area (Å²) < 4.78 is 4.79. The number of aromatic nitrogens is 2. The zero-order valence-corrected chi connectivity index (χ0v) is 14.3. The molecule has 130 valence electrons. The lowest BCUT2D eigenvalue weighted by Crippen LogP contribution is -2.21. The highest BCUT2D eigenvalue weighted by atomic mass is 16.7. The maximum Gasteiger partial charge on any atom is 0.511 e. The zero-order valence-electron chi connectivity index (χ0n) is 14.3. The van der Waals surface area contributed by atoms with Crippen molar-refractivity contribution in [2.45, 2.75) is 20.4 Å². The molecule has 0 saturated heterocycles. The molecule has 0 bridgehead atoms. The number of benzene rings is 2. The molecular formula is C19H21N3O3. The number of fused-ring (bicyclic) bond motifs is 1. The standard InChI is InChI=1S/C19H21N3O3/c1-3-22(4-2)12-13-8-10-14(11-9-13)18-20-15-6-5-7-16(17(15)21-18)25-19(23)24/h5-11H,3-4,12H2,1-2H3,(H,20,21)(H,23,24). The van der Waals surface area contributed by atoms with Crippen LogP contribution in [0.3, 0.4) is 0 Å². The van der Waals surface area contributed by atoms with E-state index in [1.165, 1.54) is 5.56 Å². The van der Waals surface area contributed by atoms with Gasteiger partial charge in [0.25, 0.3) is 0 Å². The highest BCUT2D eigenvalue weighted by Gasteiger charge is 2.12. The predicted molar refractivity (Wildman–Crippen MR) is 96.8 cm³/mol. The summed E-state index contributed by atoms with van der Waals surface area (Å²) in [4.78, 5) is 20.9. The summed E-state index contributed by atoms with van der Waals surface area (Å²) in [5, 5.41) is 8.83. The summed E-state index contributed by atoms with van der Waals surface area (Å²) in [6, 6.07) is 13.4. The summed E-state index contributed by atoms with van der Waals surface area (Å²) in [6.45, 7) is 7.28. The lowest BCUT2D eigenvalue weighted by molar-refractivity contribution is 0.145. The molecule has 0 aliphatic carbocycles. The fraction of sp³-hybridized carbons (Fsp3) is 0.263. The van der Waals surface area contributed by atoms with Crippen molar-refractivity contribution in [3.63, 3.8) is 0 Å². The molecule has 1 heterocycles. The first-order valence-corrected chi connectivity index (χ1v) is 8.32. The van der Waals surface area contributed by atoms with Crippen LogP contribution in [0.1, 0.15) is 19.4 Å². The van der Waals surface area contributed by atoms with E-state index in [0.717, 1.165) is 30.7 Å². The van der Waals surface area contributed by atoms with Crippen molar-refractivity contribution in [1.29, 1.82) is 0 Å². The van der Waals surface area contributed by atoms with Gasteiger partial charge in [-0.2, -0.15) is 0 Å². The lowest BCUT2D eigenvalue weighted by atomic mass is 10.1. The molecule has 25 heavy (non-hydrogen) atoms. The van der Waals surface area contributed by atoms with Crippen LogP contribution < -0.4 is 4.74 Å². The molecule has 0 radical (unpaired) electrons. The molecule has 0 saturated carbocycles. The number of aromatic amines is 1. The molecule has 0 unspecified atom stereocenters. The van der Waals surface area contributed by atoms with Crippen LogP contribution in [-0.2, 0) is 6.54 Å². The van der Waals surface area contributed by atoms with Crippen LogP contribution in [0.25, 0.3) is 22.4 Å². The van der Waals surface area contributed by atoms with Crippen molar-refractivity contribution in [3.05, 3.63) is 48.0 Å². The lowest BCUT2D eigenvalue weighted by Gasteiger charge is -2.17. The molecule has 2 N–H and O–H groups in total. The Morgan fingerprint density at radius 3 is 2.52 bits per heavy atom. The Hall–Kier alpha value is -2.86. The number of H-pyrrole nitrogens is 1. The number of nitrogens with one attached hydrogen (secondary N) is 1. The third-order valence-corrected chi connectivity index (χ3v) is 4.20. The smallest absolute Gasteiger partial charge is 0.449 e. The predicted octanol–water partition coefficient (Wildman–Crippen LogP) is 4.13. The second-order valence-corrected chi connectivity index (χ2v) is 5.76. The minimum absolute atomic E-state index is 0.227. The maximum absolute atomic E-state index is 10.8. The Morgan fingerprint density at radius 1 is 1.16 bits per heavy atom. The molecule has 1 aromatic heterocycles. The number of hydrogen-bond acceptors (Lipinski definition) is 4. The SMILES string of the molecule is CCN(CC)Cc1ccc(-c2nc3c(OC(=O)O)cccc3[nH]2)cc1. The minimum atomic E-state index is -1.35. The van der Waals surface area contributed by atoms with Gasteiger partial charge in [0.15, 0.2) is 5.75 Å². The van der Waals surface area contributed by atoms with Crippen LogP contribution in [0, 0.1) is 0 Å². The van der Waals surface area contributed by atoms with Crippen molar-refractivity contribution >= 4 is 17.2 Å². The van der Waals surface area contributed by atoms with E-state index in [9.17, 15) is 4.79 Å². The van der Waals surface area contributed by atoms with Crippen LogP contribution in [0.15, 0.2) is 42.5 Å². The van der Waals surface area contributed by atoms with Crippen LogP contribution in [0.4, 0.5) is 4.79 Å². The number of nitrogens with zero attached hydrogens (tertiary/aromatic N) is 2. The summed E-state index contributed by atoms with van der Waals surface area (Å²) in [5.41, 5.74) is 3.44. The Kier molecular flexibility index (Phi) is 5.00. The second kappa shape index (κ2) is 7.36. The van der Waals surface area contributed by atoms with Gasteiger partial charge in [0.05, 0.1) is 5.52 Å². The number of carbonyl (C=O) groups is 1. The monoisotopic (exact) mass is 339 g/mol. The Balaban J connectivity index is 1.88. The summed E-state index contributed by atoms with van der Waals surface area (Å²) in [7, 11) is 0. The van der Waals surface area contributed by atoms with Crippen LogP contribution in [-0.4, -0.2) is 39.2 Å². The average molecular weight is 339 g/mol. The number of imidazole rings is 1. The third kappa shape index (κ3) is 3.80. The van der Waals surface area contributed by atoms with E-state index < -0.39 is 6.16 Å². The van der Waals surface area contributed by atoms with Crippen molar-refractivity contribution < 1.29 is 14.6 Å². The zero-order chi connectivity index (χ0) is 17.8. The van der Waals surface area contributed by atoms with Crippen molar-refractivity contribution in [2.24, 2.45) is 0 Å². The first-order valence-electron chi connectivity index (χ1n) is 8.32. The summed E-state index contributed by atoms with van der Waals surface area (Å²) in [6.07, 6.45) is -1.35. The number of carboxylic acid groups (broad SMARTS) is 1. The van der Waals surface area contributed by atoms with Crippen molar-refractivity contribution in [3.8, 4) is 17.1 Å². The molecular weight excluding hydrogens is 318 g/mol. The van der Waals surface area contributed by atoms with Crippen LogP contribution in [0.5, 0.6) is 5.75 Å². The molecule has 3 rings (SSSR count). The normalized spacial score (nSPS) is 11.2. The summed E-state index contributed by atoms with van der Waals surface area (Å²) in [5.74, 6) is 0.913. The van der Waals surface area contributed by atoms with Gasteiger partial charge in [-0.1, -0.05) is 44.2 Å². The number of hydrogen-bond donors (Lipinski definition) is 2. The molecule has 6 nitrogen and oxygen atoms in total. The molecule has 0 spiro atoms. The summed E-state index contributed by atoms with van der Waals surface area (Å²) >= 11 is 0. The highest BCUT2D eigenvalue weighted by molar-refractivity contribution is 5.86. The fourth-order valence-electron chi connectivity index (χ4n) is 2.79. The van der Waals surface area contributed by atoms with Gasteiger partial charge in [0.2, 0.25) is 0 Å². The first kappa shape index (κ1) is 17.0. The number of para-hydroxylation sites is 1. The number of rotatable bonds is 6. The largest absolute Gasteiger partial charge is 0.511 e. The molecule has 2 aromatic carbocycles. The van der Waals surface area contributed by atoms with E-state index in [2.05, 4.69) is 40.8 Å². The van der Waals surface area contributed by atoms with E-state index in [0.29, 0.717) is 11.3 Å². The highest BCUT2D eigenvalue weighted by Crippen LogP contribution is 2.27. The number of ether oxygens (including phenoxy) is 1. The van der Waals surface area contributed by atoms with Crippen molar-refractivity contribution in [1.82, 2.24) is 14.9 Å². The molecule has 3 aromatic rings. The maximum atomic E-state index is 10.8. The van der Waals surface area contributed by atoms with Gasteiger partial charge in [0.1, 0.15) is 11.3 Å². The van der Waals surface area contributed by atoms with Gasteiger partial charge in [-0.05, 0) is 30.8 Å². The first-order chi connectivity index (χ1) is 12.1. The second-order valence-electron chi connectivity index (χ2n) is 5.76. The topological polar surface area (TPSA) is 78.5 Å². The Bertz CT molecular complexity index is 867. The van der Waals surface area contributed by atoms with Crippen LogP contribution in [0.2, 0.25) is 0 Å².